The Morgan fingerprint density at radius 1 is 0.968 bits per heavy atom. The van der Waals surface area contributed by atoms with Gasteiger partial charge in [-0.25, -0.2) is 0 Å². The summed E-state index contributed by atoms with van der Waals surface area (Å²) in [5.41, 5.74) is 1.60. The summed E-state index contributed by atoms with van der Waals surface area (Å²) in [4.78, 5) is 12.8. The molecule has 0 spiro atoms. The molecular formula is C24H33BrO5Si. The standard InChI is InChI=1S/C24H33BrO5Si/c1-24(2,3)31(8,9)20(16-10-11-17(27-4)21(25)22(16)26)14-15-12-18(28-5)23(30-7)19(13-15)29-6/h10-14,21H,1-9H3. The van der Waals surface area contributed by atoms with Crippen molar-refractivity contribution in [1.82, 2.24) is 0 Å². The topological polar surface area (TPSA) is 54.0 Å². The Hall–Kier alpha value is -1.99. The van der Waals surface area contributed by atoms with Gasteiger partial charge in [-0.2, -0.15) is 0 Å². The van der Waals surface area contributed by atoms with Crippen LogP contribution >= 0.6 is 15.9 Å². The minimum absolute atomic E-state index is 0.00265. The molecule has 1 unspecified atom stereocenters. The van der Waals surface area contributed by atoms with E-state index in [0.29, 0.717) is 28.6 Å². The Morgan fingerprint density at radius 2 is 1.52 bits per heavy atom. The predicted molar refractivity (Wildman–Crippen MR) is 132 cm³/mol. The van der Waals surface area contributed by atoms with Gasteiger partial charge in [0.15, 0.2) is 17.3 Å². The third kappa shape index (κ3) is 4.93. The van der Waals surface area contributed by atoms with E-state index in [0.717, 1.165) is 10.8 Å². The van der Waals surface area contributed by atoms with Gasteiger partial charge < -0.3 is 18.9 Å². The number of rotatable bonds is 7. The number of halogens is 1. The average Bonchev–Trinajstić information content (AvgIpc) is 2.72. The Balaban J connectivity index is 2.80. The molecule has 170 valence electrons. The van der Waals surface area contributed by atoms with E-state index in [9.17, 15) is 4.79 Å². The summed E-state index contributed by atoms with van der Waals surface area (Å²) in [7, 11) is 4.23. The molecule has 0 bridgehead atoms. The highest BCUT2D eigenvalue weighted by molar-refractivity contribution is 9.10. The van der Waals surface area contributed by atoms with E-state index in [4.69, 9.17) is 18.9 Å². The van der Waals surface area contributed by atoms with Gasteiger partial charge in [0.2, 0.25) is 5.75 Å². The molecule has 0 N–H and O–H groups in total. The second-order valence-corrected chi connectivity index (χ2v) is 15.2. The van der Waals surface area contributed by atoms with Gasteiger partial charge >= 0.3 is 0 Å². The van der Waals surface area contributed by atoms with Gasteiger partial charge in [-0.05, 0) is 40.1 Å². The zero-order valence-electron chi connectivity index (χ0n) is 19.9. The number of methoxy groups -OCH3 is 4. The lowest BCUT2D eigenvalue weighted by Gasteiger charge is -2.40. The van der Waals surface area contributed by atoms with Crippen molar-refractivity contribution in [3.63, 3.8) is 0 Å². The predicted octanol–water partition coefficient (Wildman–Crippen LogP) is 5.95. The van der Waals surface area contributed by atoms with E-state index >= 15 is 0 Å². The van der Waals surface area contributed by atoms with Crippen molar-refractivity contribution in [2.45, 2.75) is 43.7 Å². The summed E-state index contributed by atoms with van der Waals surface area (Å²) in [6, 6.07) is 3.81. The largest absolute Gasteiger partial charge is 0.499 e. The molecule has 1 aromatic carbocycles. The van der Waals surface area contributed by atoms with Crippen LogP contribution in [0.5, 0.6) is 17.2 Å². The van der Waals surface area contributed by atoms with Gasteiger partial charge in [-0.15, -0.1) is 0 Å². The first-order chi connectivity index (χ1) is 14.4. The van der Waals surface area contributed by atoms with Crippen molar-refractivity contribution in [3.05, 3.63) is 46.4 Å². The minimum Gasteiger partial charge on any atom is -0.499 e. The molecule has 0 radical (unpaired) electrons. The second-order valence-electron chi connectivity index (χ2n) is 8.97. The molecule has 1 aromatic rings. The molecule has 0 saturated heterocycles. The number of allylic oxidation sites excluding steroid dienone is 5. The first kappa shape index (κ1) is 25.3. The number of hydrogen-bond donors (Lipinski definition) is 0. The number of ketones is 1. The van der Waals surface area contributed by atoms with Gasteiger partial charge in [-0.3, -0.25) is 4.79 Å². The van der Waals surface area contributed by atoms with Gasteiger partial charge in [-0.1, -0.05) is 55.9 Å². The van der Waals surface area contributed by atoms with E-state index in [2.05, 4.69) is 55.9 Å². The van der Waals surface area contributed by atoms with Crippen LogP contribution in [0, 0.1) is 0 Å². The molecule has 7 heteroatoms. The van der Waals surface area contributed by atoms with Crippen LogP contribution in [0.2, 0.25) is 18.1 Å². The van der Waals surface area contributed by atoms with Crippen LogP contribution < -0.4 is 14.2 Å². The Morgan fingerprint density at radius 3 is 1.94 bits per heavy atom. The summed E-state index contributed by atoms with van der Waals surface area (Å²) in [5.74, 6) is 2.30. The third-order valence-corrected chi connectivity index (χ3v) is 12.6. The third-order valence-electron chi connectivity index (χ3n) is 6.23. The van der Waals surface area contributed by atoms with Gasteiger partial charge in [0.25, 0.3) is 0 Å². The molecule has 5 nitrogen and oxygen atoms in total. The maximum atomic E-state index is 13.3. The van der Waals surface area contributed by atoms with Gasteiger partial charge in [0, 0.05) is 5.57 Å². The molecular weight excluding hydrogens is 476 g/mol. The fourth-order valence-corrected chi connectivity index (χ4v) is 6.14. The highest BCUT2D eigenvalue weighted by Gasteiger charge is 2.43. The van der Waals surface area contributed by atoms with Crippen molar-refractivity contribution in [1.29, 1.82) is 0 Å². The quantitative estimate of drug-likeness (QED) is 0.336. The van der Waals surface area contributed by atoms with E-state index in [1.807, 2.05) is 24.3 Å². The van der Waals surface area contributed by atoms with E-state index in [1.54, 1.807) is 28.4 Å². The molecule has 0 aromatic heterocycles. The SMILES string of the molecule is COC1=CC=C(C(=Cc2cc(OC)c(OC)c(OC)c2)[Si](C)(C)C(C)(C)C)C(=O)C1Br. The molecule has 31 heavy (non-hydrogen) atoms. The zero-order chi connectivity index (χ0) is 23.6. The van der Waals surface area contributed by atoms with Crippen molar-refractivity contribution in [3.8, 4) is 17.2 Å². The van der Waals surface area contributed by atoms with E-state index in [1.165, 1.54) is 0 Å². The van der Waals surface area contributed by atoms with Gasteiger partial charge in [0.1, 0.15) is 10.6 Å². The highest BCUT2D eigenvalue weighted by atomic mass is 79.9. The summed E-state index contributed by atoms with van der Waals surface area (Å²) in [6.07, 6.45) is 5.84. The average molecular weight is 510 g/mol. The Bertz CT molecular complexity index is 913. The zero-order valence-corrected chi connectivity index (χ0v) is 22.5. The smallest absolute Gasteiger partial charge is 0.203 e. The highest BCUT2D eigenvalue weighted by Crippen LogP contribution is 2.46. The van der Waals surface area contributed by atoms with Crippen LogP contribution in [0.15, 0.2) is 40.8 Å². The van der Waals surface area contributed by atoms with Crippen LogP contribution in [-0.4, -0.2) is 47.1 Å². The fraction of sp³-hybridized carbons (Fsp3) is 0.458. The van der Waals surface area contributed by atoms with E-state index in [-0.39, 0.29) is 10.8 Å². The first-order valence-electron chi connectivity index (χ1n) is 10.1. The van der Waals surface area contributed by atoms with Crippen LogP contribution in [0.1, 0.15) is 26.3 Å². The Labute approximate surface area is 195 Å². The number of ether oxygens (including phenoxy) is 4. The number of carbonyl (C=O) groups excluding carboxylic acids is 1. The molecule has 2 rings (SSSR count). The van der Waals surface area contributed by atoms with Crippen LogP contribution in [0.4, 0.5) is 0 Å². The molecule has 0 heterocycles. The molecule has 0 fully saturated rings. The van der Waals surface area contributed by atoms with Crippen molar-refractivity contribution < 1.29 is 23.7 Å². The molecule has 0 saturated carbocycles. The van der Waals surface area contributed by atoms with Crippen LogP contribution in [0.25, 0.3) is 6.08 Å². The van der Waals surface area contributed by atoms with Crippen molar-refractivity contribution in [2.24, 2.45) is 0 Å². The number of alkyl halides is 1. The molecule has 0 amide bonds. The monoisotopic (exact) mass is 508 g/mol. The number of Topliss-reactive ketones (excluding diaryl/α,β-unsaturated/α-hetero) is 1. The summed E-state index contributed by atoms with van der Waals surface area (Å²) >= 11 is 3.50. The summed E-state index contributed by atoms with van der Waals surface area (Å²) in [5, 5.41) is 1.09. The van der Waals surface area contributed by atoms with Crippen molar-refractivity contribution >= 4 is 35.9 Å². The normalized spacial score (nSPS) is 17.7. The number of carbonyl (C=O) groups is 1. The molecule has 1 aliphatic rings. The minimum atomic E-state index is -2.12. The Kier molecular flexibility index (Phi) is 7.87. The first-order valence-corrected chi connectivity index (χ1v) is 14.0. The van der Waals surface area contributed by atoms with E-state index < -0.39 is 12.9 Å². The molecule has 1 aliphatic carbocycles. The second kappa shape index (κ2) is 9.65. The van der Waals surface area contributed by atoms with Gasteiger partial charge in [0.05, 0.1) is 36.5 Å². The summed E-state index contributed by atoms with van der Waals surface area (Å²) in [6.45, 7) is 11.3. The fourth-order valence-electron chi connectivity index (χ4n) is 3.34. The lowest BCUT2D eigenvalue weighted by molar-refractivity contribution is -0.114. The number of benzene rings is 1. The lowest BCUT2D eigenvalue weighted by atomic mass is 10.00. The molecule has 1 atom stereocenters. The lowest BCUT2D eigenvalue weighted by Crippen LogP contribution is -2.42. The van der Waals surface area contributed by atoms with Crippen LogP contribution in [-0.2, 0) is 9.53 Å². The molecule has 0 aliphatic heterocycles. The van der Waals surface area contributed by atoms with Crippen molar-refractivity contribution in [2.75, 3.05) is 28.4 Å². The summed E-state index contributed by atoms with van der Waals surface area (Å²) < 4.78 is 21.9. The number of hydrogen-bond acceptors (Lipinski definition) is 5. The van der Waals surface area contributed by atoms with Crippen LogP contribution in [0.3, 0.4) is 0 Å². The maximum Gasteiger partial charge on any atom is 0.203 e. The maximum absolute atomic E-state index is 13.3.